The van der Waals surface area contributed by atoms with Crippen molar-refractivity contribution in [3.8, 4) is 0 Å². The van der Waals surface area contributed by atoms with E-state index in [0.29, 0.717) is 17.9 Å². The molecule has 2 saturated heterocycles. The molecule has 4 aliphatic carbocycles. The Kier molecular flexibility index (Phi) is 14.1. The molecular weight excluding hydrogens is 674 g/mol. The van der Waals surface area contributed by atoms with Crippen LogP contribution < -0.4 is 5.32 Å². The molecule has 0 aromatic rings. The van der Waals surface area contributed by atoms with Gasteiger partial charge in [-0.15, -0.1) is 0 Å². The number of ketones is 1. The minimum atomic E-state index is -0.590. The van der Waals surface area contributed by atoms with Gasteiger partial charge in [0.25, 0.3) is 0 Å². The van der Waals surface area contributed by atoms with Gasteiger partial charge >= 0.3 is 5.97 Å². The fraction of sp³-hybridized carbons (Fsp3) is 0.814. The summed E-state index contributed by atoms with van der Waals surface area (Å²) in [6, 6.07) is 0.502. The van der Waals surface area contributed by atoms with Crippen LogP contribution in [-0.2, 0) is 42.7 Å². The lowest BCUT2D eigenvalue weighted by atomic mass is 9.70. The number of allylic oxidation sites excluding steroid dienone is 5. The van der Waals surface area contributed by atoms with Crippen LogP contribution in [0.2, 0.25) is 0 Å². The van der Waals surface area contributed by atoms with Crippen LogP contribution in [0.3, 0.4) is 0 Å². The Morgan fingerprint density at radius 2 is 1.64 bits per heavy atom. The number of nitrogens with one attached hydrogen (secondary N) is 1. The van der Waals surface area contributed by atoms with E-state index in [1.807, 2.05) is 20.0 Å². The van der Waals surface area contributed by atoms with Crippen LogP contribution in [0.1, 0.15) is 91.9 Å². The Balaban J connectivity index is 1.22. The van der Waals surface area contributed by atoms with Crippen molar-refractivity contribution >= 4 is 11.8 Å². The quantitative estimate of drug-likeness (QED) is 0.201. The van der Waals surface area contributed by atoms with Gasteiger partial charge in [0.15, 0.2) is 12.1 Å². The number of ether oxygens (including phenoxy) is 7. The standard InChI is InChI=1S/C43H67NO9/c1-9-10-12-28-13-11-14-37(51-29-16-18-36(44-5)24(2)19-29)25(3)39(46)35-22-33-31(34(35)23-38(45)52-28)17-15-27-20-30(21-32(27)33)53-43-42(49-8)41(48-7)40(47-6)26(4)50-43/h10,12,15,17,22,24-34,36-37,40-44H,9,11,13-14,16,18-21,23H2,1-8H3/t24-,25+,26-,27?,28?,29-,30+,31?,32?,33?,34?,36-,37-,40-,41+,42+,43-/m0/s1. The van der Waals surface area contributed by atoms with Crippen molar-refractivity contribution in [2.45, 2.75) is 153 Å². The summed E-state index contributed by atoms with van der Waals surface area (Å²) in [6.45, 7) is 8.43. The second-order valence-corrected chi connectivity index (χ2v) is 16.8. The maximum absolute atomic E-state index is 14.7. The number of carbonyl (C=O) groups excluding carboxylic acids is 2. The molecule has 2 heterocycles. The third kappa shape index (κ3) is 8.90. The normalized spacial score (nSPS) is 45.1. The maximum Gasteiger partial charge on any atom is 0.307 e. The van der Waals surface area contributed by atoms with Crippen molar-refractivity contribution in [2.75, 3.05) is 28.4 Å². The number of hydrogen-bond donors (Lipinski definition) is 1. The highest BCUT2D eigenvalue weighted by Crippen LogP contribution is 2.54. The first-order valence-corrected chi connectivity index (χ1v) is 20.6. The predicted octanol–water partition coefficient (Wildman–Crippen LogP) is 6.37. The van der Waals surface area contributed by atoms with E-state index in [0.717, 1.165) is 63.4 Å². The van der Waals surface area contributed by atoms with E-state index in [2.05, 4.69) is 50.4 Å². The topological polar surface area (TPSA) is 111 Å². The Bertz CT molecular complexity index is 1330. The van der Waals surface area contributed by atoms with Crippen LogP contribution in [0.25, 0.3) is 0 Å². The predicted molar refractivity (Wildman–Crippen MR) is 202 cm³/mol. The van der Waals surface area contributed by atoms with E-state index in [9.17, 15) is 9.59 Å². The highest BCUT2D eigenvalue weighted by molar-refractivity contribution is 5.99. The average molecular weight is 742 g/mol. The van der Waals surface area contributed by atoms with E-state index >= 15 is 0 Å². The van der Waals surface area contributed by atoms with Crippen LogP contribution in [0.4, 0.5) is 0 Å². The molecule has 2 saturated carbocycles. The van der Waals surface area contributed by atoms with Gasteiger partial charge in [-0.2, -0.15) is 0 Å². The second kappa shape index (κ2) is 18.4. The first-order chi connectivity index (χ1) is 25.6. The van der Waals surface area contributed by atoms with Gasteiger partial charge in [-0.25, -0.2) is 0 Å². The number of methoxy groups -OCH3 is 3. The molecule has 0 amide bonds. The van der Waals surface area contributed by atoms with Gasteiger partial charge in [0.2, 0.25) is 0 Å². The van der Waals surface area contributed by atoms with Crippen LogP contribution in [0.15, 0.2) is 36.0 Å². The first-order valence-electron chi connectivity index (χ1n) is 20.6. The van der Waals surface area contributed by atoms with Crippen molar-refractivity contribution < 1.29 is 42.7 Å². The van der Waals surface area contributed by atoms with Gasteiger partial charge in [-0.1, -0.05) is 45.1 Å². The number of esters is 1. The molecule has 0 radical (unpaired) electrons. The molecular formula is C43H67NO9. The molecule has 53 heavy (non-hydrogen) atoms. The van der Waals surface area contributed by atoms with Crippen molar-refractivity contribution in [3.63, 3.8) is 0 Å². The van der Waals surface area contributed by atoms with Crippen molar-refractivity contribution in [2.24, 2.45) is 41.4 Å². The second-order valence-electron chi connectivity index (χ2n) is 16.8. The molecule has 6 rings (SSSR count). The molecule has 10 heteroatoms. The third-order valence-corrected chi connectivity index (χ3v) is 13.6. The third-order valence-electron chi connectivity index (χ3n) is 13.6. The summed E-state index contributed by atoms with van der Waals surface area (Å²) in [6.07, 6.45) is 16.9. The Morgan fingerprint density at radius 3 is 2.34 bits per heavy atom. The molecule has 0 aromatic heterocycles. The van der Waals surface area contributed by atoms with Crippen LogP contribution in [0.5, 0.6) is 0 Å². The molecule has 0 spiro atoms. The summed E-state index contributed by atoms with van der Waals surface area (Å²) in [4.78, 5) is 28.4. The zero-order valence-electron chi connectivity index (χ0n) is 33.4. The molecule has 1 N–H and O–H groups in total. The van der Waals surface area contributed by atoms with Crippen LogP contribution in [-0.4, -0.2) is 101 Å². The number of rotatable bonds is 10. The Labute approximate surface area is 318 Å². The maximum atomic E-state index is 14.7. The van der Waals surface area contributed by atoms with Gasteiger partial charge in [-0.3, -0.25) is 9.59 Å². The number of fused-ring (bicyclic) bond motifs is 5. The monoisotopic (exact) mass is 741 g/mol. The lowest BCUT2D eigenvalue weighted by Gasteiger charge is -2.44. The molecule has 2 aliphatic heterocycles. The summed E-state index contributed by atoms with van der Waals surface area (Å²) in [7, 11) is 7.03. The van der Waals surface area contributed by atoms with Gasteiger partial charge in [0.1, 0.15) is 24.4 Å². The zero-order chi connectivity index (χ0) is 37.8. The molecule has 6 aliphatic rings. The number of carbonyl (C=O) groups is 2. The molecule has 0 bridgehead atoms. The van der Waals surface area contributed by atoms with E-state index in [1.165, 1.54) is 0 Å². The van der Waals surface area contributed by atoms with E-state index in [4.69, 9.17) is 33.2 Å². The van der Waals surface area contributed by atoms with Gasteiger partial charge in [0, 0.05) is 39.2 Å². The molecule has 4 fully saturated rings. The number of hydrogen-bond acceptors (Lipinski definition) is 10. The fourth-order valence-corrected chi connectivity index (χ4v) is 10.7. The average Bonchev–Trinajstić information content (AvgIpc) is 3.72. The van der Waals surface area contributed by atoms with E-state index < -0.39 is 12.4 Å². The number of Topliss-reactive ketones (excluding diaryl/α,β-unsaturated/α-hetero) is 1. The Hall–Kier alpha value is -1.92. The molecule has 17 atom stereocenters. The van der Waals surface area contributed by atoms with Crippen LogP contribution >= 0.6 is 0 Å². The summed E-state index contributed by atoms with van der Waals surface area (Å²) in [5.41, 5.74) is 0.790. The minimum Gasteiger partial charge on any atom is -0.458 e. The van der Waals surface area contributed by atoms with Crippen molar-refractivity contribution in [1.29, 1.82) is 0 Å². The molecule has 0 aromatic carbocycles. The summed E-state index contributed by atoms with van der Waals surface area (Å²) in [5, 5.41) is 3.47. The Morgan fingerprint density at radius 1 is 0.868 bits per heavy atom. The van der Waals surface area contributed by atoms with E-state index in [1.54, 1.807) is 21.3 Å². The van der Waals surface area contributed by atoms with Gasteiger partial charge < -0.3 is 38.5 Å². The summed E-state index contributed by atoms with van der Waals surface area (Å²) < 4.78 is 43.5. The van der Waals surface area contributed by atoms with Crippen LogP contribution in [0, 0.1) is 41.4 Å². The smallest absolute Gasteiger partial charge is 0.307 e. The largest absolute Gasteiger partial charge is 0.458 e. The molecule has 6 unspecified atom stereocenters. The first kappa shape index (κ1) is 40.7. The SMILES string of the molecule is CCC=CC1CCC[C@H](O[C@H]2CC[C@H](NC)[C@@H](C)C2)[C@@H](C)C(=O)C2=CC3C(C=CC4C[C@@H](O[C@@H]5O[C@@H](C)[C@H](OC)[C@@H](OC)[C@H]5OC)CC43)C2CC(=O)O1. The van der Waals surface area contributed by atoms with Gasteiger partial charge in [-0.05, 0) is 113 Å². The molecule has 10 nitrogen and oxygen atoms in total. The van der Waals surface area contributed by atoms with Crippen molar-refractivity contribution in [3.05, 3.63) is 36.0 Å². The highest BCUT2D eigenvalue weighted by atomic mass is 16.7. The minimum absolute atomic E-state index is 0.0475. The summed E-state index contributed by atoms with van der Waals surface area (Å²) >= 11 is 0. The van der Waals surface area contributed by atoms with E-state index in [-0.39, 0.29) is 90.5 Å². The summed E-state index contributed by atoms with van der Waals surface area (Å²) in [5.74, 6) is 0.663. The van der Waals surface area contributed by atoms with Crippen molar-refractivity contribution in [1.82, 2.24) is 5.32 Å². The van der Waals surface area contributed by atoms with Gasteiger partial charge in [0.05, 0.1) is 30.8 Å². The number of cyclic esters (lactones) is 1. The lowest BCUT2D eigenvalue weighted by Crippen LogP contribution is -2.59. The fourth-order valence-electron chi connectivity index (χ4n) is 10.7. The molecule has 298 valence electrons. The highest BCUT2D eigenvalue weighted by Gasteiger charge is 2.52. The zero-order valence-corrected chi connectivity index (χ0v) is 33.4. The lowest BCUT2D eigenvalue weighted by molar-refractivity contribution is -0.314.